The summed E-state index contributed by atoms with van der Waals surface area (Å²) in [6.07, 6.45) is 1.49. The van der Waals surface area contributed by atoms with Gasteiger partial charge in [0.25, 0.3) is 5.91 Å². The summed E-state index contributed by atoms with van der Waals surface area (Å²) in [4.78, 5) is 25.1. The molecule has 6 nitrogen and oxygen atoms in total. The largest absolute Gasteiger partial charge is 0.345 e. The normalized spacial score (nSPS) is 15.8. The molecule has 1 saturated heterocycles. The first-order valence-corrected chi connectivity index (χ1v) is 6.15. The van der Waals surface area contributed by atoms with E-state index in [4.69, 9.17) is 0 Å². The smallest absolute Gasteiger partial charge is 0.280 e. The van der Waals surface area contributed by atoms with Gasteiger partial charge in [-0.1, -0.05) is 11.3 Å². The predicted molar refractivity (Wildman–Crippen MR) is 64.1 cm³/mol. The molecule has 3 heterocycles. The molecule has 0 aliphatic carbocycles. The minimum absolute atomic E-state index is 0.126. The number of aryl methyl sites for hydroxylation is 1. The van der Waals surface area contributed by atoms with Crippen LogP contribution in [-0.2, 0) is 0 Å². The van der Waals surface area contributed by atoms with E-state index >= 15 is 0 Å². The average Bonchev–Trinajstić information content (AvgIpc) is 2.68. The molecule has 7 heteroatoms. The van der Waals surface area contributed by atoms with E-state index in [1.165, 1.54) is 17.7 Å². The summed E-state index contributed by atoms with van der Waals surface area (Å²) in [5, 5.41) is 6.47. The van der Waals surface area contributed by atoms with Gasteiger partial charge in [-0.3, -0.25) is 4.79 Å². The van der Waals surface area contributed by atoms with E-state index in [9.17, 15) is 4.79 Å². The van der Waals surface area contributed by atoms with Crippen molar-refractivity contribution >= 4 is 27.6 Å². The number of nitrogens with zero attached hydrogens (tertiary/aromatic N) is 3. The number of fused-ring (bicyclic) bond motifs is 1. The summed E-state index contributed by atoms with van der Waals surface area (Å²) in [5.41, 5.74) is 1.52. The third-order valence-electron chi connectivity index (χ3n) is 2.69. The van der Waals surface area contributed by atoms with Gasteiger partial charge in [-0.05, 0) is 6.92 Å². The van der Waals surface area contributed by atoms with Crippen LogP contribution in [0, 0.1) is 6.92 Å². The zero-order chi connectivity index (χ0) is 11.8. The number of hydrogen-bond donors (Lipinski definition) is 2. The van der Waals surface area contributed by atoms with E-state index in [0.29, 0.717) is 5.01 Å². The molecular formula is C10H11N5OS. The van der Waals surface area contributed by atoms with Gasteiger partial charge >= 0.3 is 0 Å². The molecule has 0 radical (unpaired) electrons. The Morgan fingerprint density at radius 1 is 1.53 bits per heavy atom. The molecule has 0 atom stereocenters. The first kappa shape index (κ1) is 10.5. The summed E-state index contributed by atoms with van der Waals surface area (Å²) in [5.74, 6) is -0.126. The van der Waals surface area contributed by atoms with Crippen LogP contribution in [0.3, 0.4) is 0 Å². The maximum absolute atomic E-state index is 11.9. The molecule has 0 aromatic carbocycles. The third-order valence-corrected chi connectivity index (χ3v) is 3.65. The molecule has 0 saturated carbocycles. The van der Waals surface area contributed by atoms with Crippen molar-refractivity contribution in [2.75, 3.05) is 13.1 Å². The van der Waals surface area contributed by atoms with Gasteiger partial charge in [0.05, 0.1) is 11.7 Å². The fraction of sp³-hybridized carbons (Fsp3) is 0.400. The van der Waals surface area contributed by atoms with Crippen molar-refractivity contribution in [3.63, 3.8) is 0 Å². The third kappa shape index (κ3) is 1.87. The average molecular weight is 249 g/mol. The number of carbonyl (C=O) groups is 1. The van der Waals surface area contributed by atoms with Crippen molar-refractivity contribution < 1.29 is 4.79 Å². The van der Waals surface area contributed by atoms with E-state index in [-0.39, 0.29) is 11.9 Å². The van der Waals surface area contributed by atoms with Crippen LogP contribution in [0.1, 0.15) is 15.5 Å². The van der Waals surface area contributed by atoms with E-state index in [1.807, 2.05) is 6.92 Å². The minimum Gasteiger partial charge on any atom is -0.345 e. The second-order valence-electron chi connectivity index (χ2n) is 3.96. The molecule has 17 heavy (non-hydrogen) atoms. The Bertz CT molecular complexity index is 577. The molecule has 2 aromatic rings. The molecule has 88 valence electrons. The van der Waals surface area contributed by atoms with Crippen LogP contribution in [0.15, 0.2) is 6.33 Å². The lowest BCUT2D eigenvalue weighted by Gasteiger charge is -2.27. The standard InChI is InChI=1S/C10H11N5OS/c1-5-7-9(13-4-12-5)17-10(15-7)8(16)14-6-2-11-3-6/h4,6,11H,2-3H2,1H3,(H,14,16). The molecule has 0 spiro atoms. The maximum Gasteiger partial charge on any atom is 0.280 e. The second-order valence-corrected chi connectivity index (χ2v) is 4.94. The van der Waals surface area contributed by atoms with Gasteiger partial charge in [0, 0.05) is 13.1 Å². The van der Waals surface area contributed by atoms with Gasteiger partial charge in [-0.15, -0.1) is 0 Å². The van der Waals surface area contributed by atoms with Gasteiger partial charge in [0.1, 0.15) is 16.7 Å². The van der Waals surface area contributed by atoms with Crippen molar-refractivity contribution in [3.8, 4) is 0 Å². The van der Waals surface area contributed by atoms with Crippen molar-refractivity contribution in [2.24, 2.45) is 0 Å². The predicted octanol–water partition coefficient (Wildman–Crippen LogP) is 0.0963. The zero-order valence-corrected chi connectivity index (χ0v) is 10.0. The van der Waals surface area contributed by atoms with Crippen molar-refractivity contribution in [3.05, 3.63) is 17.0 Å². The summed E-state index contributed by atoms with van der Waals surface area (Å²) in [6, 6.07) is 0.224. The highest BCUT2D eigenvalue weighted by Gasteiger charge is 2.22. The number of thiazole rings is 1. The summed E-state index contributed by atoms with van der Waals surface area (Å²) >= 11 is 1.30. The Morgan fingerprint density at radius 2 is 2.35 bits per heavy atom. The maximum atomic E-state index is 11.9. The Balaban J connectivity index is 1.89. The highest BCUT2D eigenvalue weighted by atomic mass is 32.1. The van der Waals surface area contributed by atoms with Gasteiger partial charge in [0.2, 0.25) is 0 Å². The number of rotatable bonds is 2. The Labute approximate surface area is 101 Å². The Morgan fingerprint density at radius 3 is 3.00 bits per heavy atom. The first-order valence-electron chi connectivity index (χ1n) is 5.34. The summed E-state index contributed by atoms with van der Waals surface area (Å²) in [6.45, 7) is 3.52. The summed E-state index contributed by atoms with van der Waals surface area (Å²) < 4.78 is 0. The van der Waals surface area contributed by atoms with E-state index in [1.54, 1.807) is 0 Å². The van der Waals surface area contributed by atoms with Crippen LogP contribution in [0.4, 0.5) is 0 Å². The number of amides is 1. The number of aromatic nitrogens is 3. The van der Waals surface area contributed by atoms with E-state index in [2.05, 4.69) is 25.6 Å². The molecule has 1 aliphatic rings. The lowest BCUT2D eigenvalue weighted by Crippen LogP contribution is -2.56. The van der Waals surface area contributed by atoms with Gasteiger partial charge in [-0.2, -0.15) is 0 Å². The number of hydrogen-bond acceptors (Lipinski definition) is 6. The van der Waals surface area contributed by atoms with Crippen molar-refractivity contribution in [2.45, 2.75) is 13.0 Å². The molecule has 2 aromatic heterocycles. The fourth-order valence-corrected chi connectivity index (χ4v) is 2.46. The molecule has 0 bridgehead atoms. The van der Waals surface area contributed by atoms with Crippen LogP contribution < -0.4 is 10.6 Å². The lowest BCUT2D eigenvalue weighted by atomic mass is 10.2. The molecule has 3 rings (SSSR count). The second kappa shape index (κ2) is 4.01. The molecule has 1 aliphatic heterocycles. The molecule has 2 N–H and O–H groups in total. The molecule has 1 fully saturated rings. The molecule has 1 amide bonds. The van der Waals surface area contributed by atoms with Crippen LogP contribution in [0.2, 0.25) is 0 Å². The minimum atomic E-state index is -0.126. The van der Waals surface area contributed by atoms with Gasteiger partial charge < -0.3 is 10.6 Å². The number of carbonyl (C=O) groups excluding carboxylic acids is 1. The van der Waals surface area contributed by atoms with Crippen LogP contribution in [-0.4, -0.2) is 40.0 Å². The van der Waals surface area contributed by atoms with Crippen molar-refractivity contribution in [1.82, 2.24) is 25.6 Å². The Hall–Kier alpha value is -1.60. The lowest BCUT2D eigenvalue weighted by molar-refractivity contribution is 0.0924. The number of nitrogens with one attached hydrogen (secondary N) is 2. The molecule has 0 unspecified atom stereocenters. The summed E-state index contributed by atoms with van der Waals surface area (Å²) in [7, 11) is 0. The van der Waals surface area contributed by atoms with Gasteiger partial charge in [-0.25, -0.2) is 15.0 Å². The first-order chi connectivity index (χ1) is 8.24. The highest BCUT2D eigenvalue weighted by Crippen LogP contribution is 2.21. The van der Waals surface area contributed by atoms with Gasteiger partial charge in [0.15, 0.2) is 5.01 Å². The van der Waals surface area contributed by atoms with Crippen LogP contribution >= 0.6 is 11.3 Å². The van der Waals surface area contributed by atoms with Crippen LogP contribution in [0.25, 0.3) is 10.3 Å². The quantitative estimate of drug-likeness (QED) is 0.789. The SMILES string of the molecule is Cc1ncnc2sc(C(=O)NC3CNC3)nc12. The van der Waals surface area contributed by atoms with Crippen molar-refractivity contribution in [1.29, 1.82) is 0 Å². The van der Waals surface area contributed by atoms with E-state index < -0.39 is 0 Å². The monoisotopic (exact) mass is 249 g/mol. The molecular weight excluding hydrogens is 238 g/mol. The fourth-order valence-electron chi connectivity index (χ4n) is 1.60. The van der Waals surface area contributed by atoms with Crippen LogP contribution in [0.5, 0.6) is 0 Å². The van der Waals surface area contributed by atoms with E-state index in [0.717, 1.165) is 29.1 Å². The Kier molecular flexibility index (Phi) is 2.49. The zero-order valence-electron chi connectivity index (χ0n) is 9.23. The highest BCUT2D eigenvalue weighted by molar-refractivity contribution is 7.19. The topological polar surface area (TPSA) is 79.8 Å².